The molecule has 1 aliphatic rings. The van der Waals surface area contributed by atoms with Gasteiger partial charge >= 0.3 is 0 Å². The Morgan fingerprint density at radius 3 is 2.00 bits per heavy atom. The van der Waals surface area contributed by atoms with Crippen LogP contribution in [0, 0.1) is 29.5 Å². The molecule has 10 atom stereocenters. The largest absolute Gasteiger partial charge is 0.411 e. The van der Waals surface area contributed by atoms with Crippen LogP contribution in [0.1, 0.15) is 80.2 Å². The fraction of sp³-hybridized carbons (Fsp3) is 0.732. The summed E-state index contributed by atoms with van der Waals surface area (Å²) in [7, 11) is 9.97. The van der Waals surface area contributed by atoms with E-state index in [1.54, 1.807) is 37.8 Å². The van der Waals surface area contributed by atoms with Crippen molar-refractivity contribution in [3.63, 3.8) is 0 Å². The third-order valence-electron chi connectivity index (χ3n) is 11.3. The first-order chi connectivity index (χ1) is 26.3. The monoisotopic (exact) mass is 793 g/mol. The number of oxime groups is 1. The zero-order valence-corrected chi connectivity index (χ0v) is 36.0. The van der Waals surface area contributed by atoms with Crippen LogP contribution >= 0.6 is 0 Å². The van der Waals surface area contributed by atoms with Gasteiger partial charge in [-0.15, -0.1) is 0 Å². The Hall–Kier alpha value is -3.66. The predicted octanol–water partition coefficient (Wildman–Crippen LogP) is 3.78. The number of ether oxygens (including phenoxy) is 3. The Bertz CT molecular complexity index is 1450. The van der Waals surface area contributed by atoms with Gasteiger partial charge in [-0.05, 0) is 57.3 Å². The molecule has 1 fully saturated rings. The van der Waals surface area contributed by atoms with Crippen LogP contribution in [0.4, 0.5) is 4.39 Å². The molecule has 0 radical (unpaired) electrons. The van der Waals surface area contributed by atoms with Crippen LogP contribution in [0.15, 0.2) is 29.4 Å². The van der Waals surface area contributed by atoms with Crippen molar-refractivity contribution in [1.82, 2.24) is 25.3 Å². The zero-order valence-electron chi connectivity index (χ0n) is 36.0. The highest BCUT2D eigenvalue weighted by Crippen LogP contribution is 2.31. The van der Waals surface area contributed by atoms with Gasteiger partial charge in [-0.1, -0.05) is 72.2 Å². The second kappa shape index (κ2) is 22.3. The molecule has 56 heavy (non-hydrogen) atoms. The van der Waals surface area contributed by atoms with E-state index in [1.807, 2.05) is 60.5 Å². The van der Waals surface area contributed by atoms with Crippen molar-refractivity contribution in [3.05, 3.63) is 35.6 Å². The lowest BCUT2D eigenvalue weighted by Crippen LogP contribution is -2.59. The summed E-state index contributed by atoms with van der Waals surface area (Å²) >= 11 is 0. The van der Waals surface area contributed by atoms with Gasteiger partial charge in [0.05, 0.1) is 54.8 Å². The van der Waals surface area contributed by atoms with Crippen molar-refractivity contribution in [1.29, 1.82) is 0 Å². The van der Waals surface area contributed by atoms with E-state index in [1.165, 1.54) is 38.5 Å². The second-order valence-electron chi connectivity index (χ2n) is 16.1. The highest BCUT2D eigenvalue weighted by molar-refractivity contribution is 6.05. The highest BCUT2D eigenvalue weighted by Gasteiger charge is 2.46. The quantitative estimate of drug-likeness (QED) is 0.0956. The molecule has 14 nitrogen and oxygen atoms in total. The van der Waals surface area contributed by atoms with Crippen molar-refractivity contribution in [2.75, 3.05) is 49.0 Å². The molecule has 0 aromatic heterocycles. The number of carbonyl (C=O) groups excluding carboxylic acids is 4. The minimum Gasteiger partial charge on any atom is -0.411 e. The summed E-state index contributed by atoms with van der Waals surface area (Å²) in [6.45, 7) is 15.4. The van der Waals surface area contributed by atoms with E-state index in [9.17, 15) is 28.8 Å². The number of amides is 4. The number of carbonyl (C=O) groups is 4. The standard InChI is InChI=1S/C41H69FN6O8/c1-15-25(6)37(47(11)41(52)34(23(2)3)44-40(51)36(24(4)5)46(9)10)32(55-13)21-33(49)48-22-30(54-12)20-31(48)38(56-14)26(7)39(50)43-27(8)35(45-53)28-16-18-29(42)19-17-28/h16-19,23-27,30-32,34,36-38,53H,15,20-22H2,1-14H3,(H,43,50)(H,44,51)/t25-,26+,27+,30+,31+,32+,34-,36-,37-,38+/m0/s1. The Morgan fingerprint density at radius 1 is 0.929 bits per heavy atom. The van der Waals surface area contributed by atoms with Crippen LogP contribution in [0.5, 0.6) is 0 Å². The Morgan fingerprint density at radius 2 is 1.54 bits per heavy atom. The van der Waals surface area contributed by atoms with Crippen LogP contribution < -0.4 is 10.6 Å². The van der Waals surface area contributed by atoms with Crippen LogP contribution in [-0.4, -0.2) is 147 Å². The van der Waals surface area contributed by atoms with E-state index in [2.05, 4.69) is 15.8 Å². The maximum absolute atomic E-state index is 14.4. The summed E-state index contributed by atoms with van der Waals surface area (Å²) in [6.07, 6.45) is -0.707. The summed E-state index contributed by atoms with van der Waals surface area (Å²) < 4.78 is 31.2. The van der Waals surface area contributed by atoms with Gasteiger partial charge in [0.25, 0.3) is 0 Å². The molecule has 0 saturated carbocycles. The number of benzene rings is 1. The molecule has 0 spiro atoms. The molecular formula is C41H69FN6O8. The van der Waals surface area contributed by atoms with Crippen LogP contribution in [0.3, 0.4) is 0 Å². The highest BCUT2D eigenvalue weighted by atomic mass is 19.1. The molecule has 1 heterocycles. The summed E-state index contributed by atoms with van der Waals surface area (Å²) in [5.74, 6) is -2.60. The number of methoxy groups -OCH3 is 3. The lowest BCUT2D eigenvalue weighted by molar-refractivity contribution is -0.148. The number of hydrogen-bond donors (Lipinski definition) is 3. The third kappa shape index (κ3) is 12.2. The molecule has 318 valence electrons. The number of nitrogens with zero attached hydrogens (tertiary/aromatic N) is 4. The van der Waals surface area contributed by atoms with Crippen molar-refractivity contribution in [2.24, 2.45) is 28.8 Å². The molecule has 0 bridgehead atoms. The number of rotatable bonds is 21. The second-order valence-corrected chi connectivity index (χ2v) is 16.1. The van der Waals surface area contributed by atoms with Crippen molar-refractivity contribution in [2.45, 2.75) is 123 Å². The van der Waals surface area contributed by atoms with E-state index in [-0.39, 0.29) is 60.3 Å². The van der Waals surface area contributed by atoms with Gasteiger partial charge in [-0.3, -0.25) is 24.1 Å². The molecule has 0 unspecified atom stereocenters. The fourth-order valence-corrected chi connectivity index (χ4v) is 7.99. The molecule has 4 amide bonds. The van der Waals surface area contributed by atoms with Crippen molar-refractivity contribution >= 4 is 29.3 Å². The smallest absolute Gasteiger partial charge is 0.245 e. The molecule has 1 aliphatic heterocycles. The number of likely N-dealkylation sites (N-methyl/N-ethyl adjacent to an activating group) is 2. The molecular weight excluding hydrogens is 723 g/mol. The minimum absolute atomic E-state index is 0.0227. The van der Waals surface area contributed by atoms with Crippen LogP contribution in [-0.2, 0) is 33.4 Å². The fourth-order valence-electron chi connectivity index (χ4n) is 7.99. The van der Waals surface area contributed by atoms with Crippen LogP contribution in [0.25, 0.3) is 0 Å². The first-order valence-electron chi connectivity index (χ1n) is 19.7. The maximum atomic E-state index is 14.4. The first-order valence-corrected chi connectivity index (χ1v) is 19.7. The predicted molar refractivity (Wildman–Crippen MR) is 214 cm³/mol. The van der Waals surface area contributed by atoms with Gasteiger partial charge in [-0.25, -0.2) is 4.39 Å². The summed E-state index contributed by atoms with van der Waals surface area (Å²) in [5.41, 5.74) is 0.592. The van der Waals surface area contributed by atoms with E-state index in [4.69, 9.17) is 14.2 Å². The molecule has 0 aliphatic carbocycles. The number of likely N-dealkylation sites (tertiary alicyclic amines) is 1. The number of hydrogen-bond acceptors (Lipinski definition) is 10. The molecule has 1 aromatic carbocycles. The molecule has 3 N–H and O–H groups in total. The SMILES string of the molecule is CC[C@H](C)[C@@H]([C@@H](CC(=O)N1C[C@H](OC)C[C@@H]1[C@H](OC)[C@@H](C)C(=O)N[C@H](C)C(=NO)c1ccc(F)cc1)OC)N(C)C(=O)[C@@H](NC(=O)[C@H](C(C)C)N(C)C)C(C)C. The van der Waals surface area contributed by atoms with Gasteiger partial charge in [0.1, 0.15) is 17.6 Å². The third-order valence-corrected chi connectivity index (χ3v) is 11.3. The molecule has 1 aromatic rings. The summed E-state index contributed by atoms with van der Waals surface area (Å²) in [6, 6.07) is 2.39. The van der Waals surface area contributed by atoms with E-state index < -0.39 is 60.1 Å². The Balaban J connectivity index is 2.35. The van der Waals surface area contributed by atoms with Gasteiger partial charge in [0.15, 0.2) is 0 Å². The van der Waals surface area contributed by atoms with E-state index >= 15 is 0 Å². The van der Waals surface area contributed by atoms with Gasteiger partial charge in [0, 0.05) is 40.5 Å². The summed E-state index contributed by atoms with van der Waals surface area (Å²) in [5, 5.41) is 19.0. The van der Waals surface area contributed by atoms with Gasteiger partial charge in [0.2, 0.25) is 23.6 Å². The first kappa shape index (κ1) is 48.5. The molecule has 2 rings (SSSR count). The average molecular weight is 793 g/mol. The minimum atomic E-state index is -0.799. The Labute approximate surface area is 333 Å². The Kier molecular flexibility index (Phi) is 19.3. The van der Waals surface area contributed by atoms with E-state index in [0.29, 0.717) is 18.4 Å². The topological polar surface area (TPSA) is 162 Å². The van der Waals surface area contributed by atoms with Crippen molar-refractivity contribution < 1.29 is 43.0 Å². The summed E-state index contributed by atoms with van der Waals surface area (Å²) in [4.78, 5) is 60.9. The average Bonchev–Trinajstić information content (AvgIpc) is 3.58. The zero-order chi connectivity index (χ0) is 42.6. The normalized spacial score (nSPS) is 20.6. The van der Waals surface area contributed by atoms with Gasteiger partial charge in [-0.2, -0.15) is 0 Å². The number of halogens is 1. The van der Waals surface area contributed by atoms with E-state index in [0.717, 1.165) is 0 Å². The lowest BCUT2D eigenvalue weighted by atomic mass is 9.89. The lowest BCUT2D eigenvalue weighted by Gasteiger charge is -2.41. The van der Waals surface area contributed by atoms with Crippen LogP contribution in [0.2, 0.25) is 0 Å². The van der Waals surface area contributed by atoms with Gasteiger partial charge < -0.3 is 39.9 Å². The maximum Gasteiger partial charge on any atom is 0.245 e. The molecule has 1 saturated heterocycles. The van der Waals surface area contributed by atoms with Crippen molar-refractivity contribution in [3.8, 4) is 0 Å². The number of nitrogens with one attached hydrogen (secondary N) is 2. The molecule has 15 heteroatoms.